The van der Waals surface area contributed by atoms with Crippen LogP contribution in [0.15, 0.2) is 150 Å². The summed E-state index contributed by atoms with van der Waals surface area (Å²) in [6, 6.07) is 48.0. The van der Waals surface area contributed by atoms with Crippen molar-refractivity contribution in [2.75, 3.05) is 0 Å². The van der Waals surface area contributed by atoms with E-state index in [0.29, 0.717) is 11.5 Å². The zero-order chi connectivity index (χ0) is 32.9. The summed E-state index contributed by atoms with van der Waals surface area (Å²) < 4.78 is 6.46. The lowest BCUT2D eigenvalue weighted by Gasteiger charge is -2.19. The molecule has 49 heavy (non-hydrogen) atoms. The van der Waals surface area contributed by atoms with Gasteiger partial charge in [-0.05, 0) is 121 Å². The molecule has 0 aliphatic carbocycles. The minimum absolute atomic E-state index is 0.371. The van der Waals surface area contributed by atoms with E-state index in [1.807, 2.05) is 42.5 Å². The van der Waals surface area contributed by atoms with E-state index < -0.39 is 0 Å². The first kappa shape index (κ1) is 28.2. The summed E-state index contributed by atoms with van der Waals surface area (Å²) in [5, 5.41) is 16.1. The Kier molecular flexibility index (Phi) is 6.50. The number of rotatable bonds is 4. The van der Waals surface area contributed by atoms with E-state index in [4.69, 9.17) is 11.0 Å². The highest BCUT2D eigenvalue weighted by atomic mass is 16.3. The van der Waals surface area contributed by atoms with E-state index in [0.717, 1.165) is 88.0 Å². The smallest absolute Gasteiger partial charge is 0.270 e. The molecule has 6 aromatic carbocycles. The van der Waals surface area contributed by atoms with Gasteiger partial charge in [0.1, 0.15) is 29.1 Å². The maximum Gasteiger partial charge on any atom is 0.270 e. The van der Waals surface area contributed by atoms with Crippen LogP contribution in [-0.2, 0) is 0 Å². The molecule has 3 heterocycles. The van der Waals surface area contributed by atoms with E-state index in [-0.39, 0.29) is 0 Å². The number of fused-ring (bicyclic) bond motifs is 5. The van der Waals surface area contributed by atoms with Crippen molar-refractivity contribution in [3.63, 3.8) is 0 Å². The molecule has 5 heteroatoms. The van der Waals surface area contributed by atoms with Crippen molar-refractivity contribution in [3.05, 3.63) is 163 Å². The Morgan fingerprint density at radius 3 is 1.73 bits per heavy atom. The van der Waals surface area contributed by atoms with E-state index in [1.54, 1.807) is 12.4 Å². The minimum Gasteiger partial charge on any atom is -0.456 e. The Bertz CT molecular complexity index is 2870. The first-order valence-corrected chi connectivity index (χ1v) is 15.9. The van der Waals surface area contributed by atoms with Gasteiger partial charge in [0.2, 0.25) is 0 Å². The molecule has 9 rings (SSSR count). The van der Waals surface area contributed by atoms with E-state index in [2.05, 4.69) is 112 Å². The van der Waals surface area contributed by atoms with Gasteiger partial charge >= 0.3 is 0 Å². The fourth-order valence-corrected chi connectivity index (χ4v) is 7.06. The number of aromatic nitrogens is 2. The predicted octanol–water partition coefficient (Wildman–Crippen LogP) is 11.8. The van der Waals surface area contributed by atoms with Crippen LogP contribution >= 0.6 is 0 Å². The molecule has 226 valence electrons. The van der Waals surface area contributed by atoms with E-state index in [9.17, 15) is 5.26 Å². The third-order valence-corrected chi connectivity index (χ3v) is 9.22. The largest absolute Gasteiger partial charge is 0.456 e. The Morgan fingerprint density at radius 2 is 1.06 bits per heavy atom. The number of benzene rings is 6. The molecular weight excluding hydrogens is 601 g/mol. The molecule has 3 aromatic heterocycles. The van der Waals surface area contributed by atoms with Gasteiger partial charge in [-0.25, -0.2) is 4.98 Å². The Hall–Kier alpha value is -7.08. The van der Waals surface area contributed by atoms with Crippen LogP contribution in [0.2, 0.25) is 0 Å². The van der Waals surface area contributed by atoms with Gasteiger partial charge in [0.05, 0.1) is 0 Å². The number of nitriles is 1. The lowest BCUT2D eigenvalue weighted by Crippen LogP contribution is -1.92. The van der Waals surface area contributed by atoms with Crippen LogP contribution < -0.4 is 0 Å². The molecule has 0 aliphatic rings. The summed E-state index contributed by atoms with van der Waals surface area (Å²) in [6.45, 7) is 7.48. The molecule has 0 saturated carbocycles. The predicted molar refractivity (Wildman–Crippen MR) is 197 cm³/mol. The lowest BCUT2D eigenvalue weighted by molar-refractivity contribution is 0.669. The second-order valence-corrected chi connectivity index (χ2v) is 12.0. The maximum atomic E-state index is 9.51. The van der Waals surface area contributed by atoms with Crippen molar-refractivity contribution < 1.29 is 4.42 Å². The van der Waals surface area contributed by atoms with Gasteiger partial charge in [0.15, 0.2) is 0 Å². The number of furan rings is 1. The summed E-state index contributed by atoms with van der Waals surface area (Å²) in [7, 11) is 0. The highest BCUT2D eigenvalue weighted by Crippen LogP contribution is 2.47. The van der Waals surface area contributed by atoms with Crippen LogP contribution in [0.25, 0.3) is 92.8 Å². The average Bonchev–Trinajstić information content (AvgIpc) is 3.53. The highest BCUT2D eigenvalue weighted by Gasteiger charge is 2.20. The van der Waals surface area contributed by atoms with Crippen molar-refractivity contribution in [2.45, 2.75) is 0 Å². The maximum absolute atomic E-state index is 9.51. The minimum atomic E-state index is 0.371. The van der Waals surface area contributed by atoms with Crippen LogP contribution in [0.5, 0.6) is 0 Å². The summed E-state index contributed by atoms with van der Waals surface area (Å²) >= 11 is 0. The Balaban J connectivity index is 1.38. The number of para-hydroxylation sites is 1. The van der Waals surface area contributed by atoms with Crippen LogP contribution in [0.4, 0.5) is 5.82 Å². The fraction of sp³-hybridized carbons (Fsp3) is 0. The molecule has 0 atom stereocenters. The molecule has 0 radical (unpaired) electrons. The molecule has 0 spiro atoms. The highest BCUT2D eigenvalue weighted by molar-refractivity contribution is 6.25. The monoisotopic (exact) mass is 624 g/mol. The third kappa shape index (κ3) is 4.69. The van der Waals surface area contributed by atoms with E-state index >= 15 is 0 Å². The molecular formula is C44H24N4O. The van der Waals surface area contributed by atoms with Gasteiger partial charge in [0, 0.05) is 17.0 Å². The van der Waals surface area contributed by atoms with Crippen molar-refractivity contribution in [3.8, 4) is 50.6 Å². The fourth-order valence-electron chi connectivity index (χ4n) is 7.06. The van der Waals surface area contributed by atoms with Gasteiger partial charge < -0.3 is 9.26 Å². The quantitative estimate of drug-likeness (QED) is 0.144. The average molecular weight is 625 g/mol. The first-order valence-electron chi connectivity index (χ1n) is 15.9. The summed E-state index contributed by atoms with van der Waals surface area (Å²) in [5.74, 6) is 0.371. The molecule has 0 bridgehead atoms. The topological polar surface area (TPSA) is 67.1 Å². The van der Waals surface area contributed by atoms with Crippen molar-refractivity contribution in [1.29, 1.82) is 5.26 Å². The standard InChI is InChI=1S/C44H24N4O/c1-46-42-23-30(17-19-48-42)28-9-7-10-31(21-28)43-35-13-2-3-14-36(35)44(32-11-6-8-27(20-32)29-16-18-47-33(22-29)26-45)39-25-41-37(24-38(39)43)34-12-4-5-15-40(34)49-41/h2-25H. The van der Waals surface area contributed by atoms with Crippen molar-refractivity contribution in [2.24, 2.45) is 0 Å². The molecule has 5 nitrogen and oxygen atoms in total. The second kappa shape index (κ2) is 11.3. The van der Waals surface area contributed by atoms with Crippen LogP contribution in [-0.4, -0.2) is 9.97 Å². The SMILES string of the molecule is [C-]#[N+]c1cc(-c2cccc(-c3c4ccccc4c(-c4cccc(-c5ccnc(C#N)c5)c4)c4cc5oc6ccccc6c5cc34)c2)ccn1. The van der Waals surface area contributed by atoms with Gasteiger partial charge in [-0.15, -0.1) is 4.98 Å². The third-order valence-electron chi connectivity index (χ3n) is 9.22. The van der Waals surface area contributed by atoms with Gasteiger partial charge in [0.25, 0.3) is 5.82 Å². The summed E-state index contributed by atoms with van der Waals surface area (Å²) in [6.07, 6.45) is 3.37. The molecule has 0 fully saturated rings. The number of nitrogens with zero attached hydrogens (tertiary/aromatic N) is 4. The number of hydrogen-bond acceptors (Lipinski definition) is 4. The molecule has 0 unspecified atom stereocenters. The van der Waals surface area contributed by atoms with Crippen LogP contribution in [0.1, 0.15) is 5.69 Å². The second-order valence-electron chi connectivity index (χ2n) is 12.0. The van der Waals surface area contributed by atoms with Crippen LogP contribution in [0.3, 0.4) is 0 Å². The molecule has 9 aromatic rings. The zero-order valence-electron chi connectivity index (χ0n) is 26.1. The van der Waals surface area contributed by atoms with Crippen molar-refractivity contribution in [1.82, 2.24) is 9.97 Å². The molecule has 0 aliphatic heterocycles. The molecule has 0 N–H and O–H groups in total. The van der Waals surface area contributed by atoms with E-state index in [1.165, 1.54) is 0 Å². The summed E-state index contributed by atoms with van der Waals surface area (Å²) in [5.41, 5.74) is 10.4. The Labute approximate surface area is 281 Å². The lowest BCUT2D eigenvalue weighted by atomic mass is 9.84. The molecule has 0 saturated heterocycles. The Morgan fingerprint density at radius 1 is 0.490 bits per heavy atom. The molecule has 0 amide bonds. The van der Waals surface area contributed by atoms with Crippen LogP contribution in [0, 0.1) is 17.9 Å². The number of pyridine rings is 2. The zero-order valence-corrected chi connectivity index (χ0v) is 26.1. The van der Waals surface area contributed by atoms with Crippen molar-refractivity contribution >= 4 is 49.3 Å². The van der Waals surface area contributed by atoms with Gasteiger partial charge in [-0.1, -0.05) is 85.4 Å². The van der Waals surface area contributed by atoms with Gasteiger partial charge in [-0.2, -0.15) is 5.26 Å². The first-order chi connectivity index (χ1) is 24.2. The van der Waals surface area contributed by atoms with Gasteiger partial charge in [-0.3, -0.25) is 0 Å². The normalized spacial score (nSPS) is 11.2. The number of hydrogen-bond donors (Lipinski definition) is 0. The summed E-state index contributed by atoms with van der Waals surface area (Å²) in [4.78, 5) is 11.9.